The normalized spacial score (nSPS) is 14.2. The lowest BCUT2D eigenvalue weighted by molar-refractivity contribution is 0.0788. The van der Waals surface area contributed by atoms with E-state index in [4.69, 9.17) is 16.3 Å². The van der Waals surface area contributed by atoms with Crippen LogP contribution in [0.15, 0.2) is 48.5 Å². The summed E-state index contributed by atoms with van der Waals surface area (Å²) in [7, 11) is 1.73. The maximum absolute atomic E-state index is 11.9. The predicted octanol–water partition coefficient (Wildman–Crippen LogP) is 3.50. The zero-order valence-electron chi connectivity index (χ0n) is 13.5. The van der Waals surface area contributed by atoms with Crippen molar-refractivity contribution in [2.45, 2.75) is 12.6 Å². The first-order valence-corrected chi connectivity index (χ1v) is 8.19. The molecule has 0 unspecified atom stereocenters. The summed E-state index contributed by atoms with van der Waals surface area (Å²) in [5, 5.41) is 6.33. The molecule has 0 atom stereocenters. The quantitative estimate of drug-likeness (QED) is 0.872. The van der Waals surface area contributed by atoms with Crippen molar-refractivity contribution in [2.24, 2.45) is 0 Å². The van der Waals surface area contributed by atoms with Crippen LogP contribution in [-0.2, 0) is 11.3 Å². The topological polar surface area (TPSA) is 53.6 Å². The van der Waals surface area contributed by atoms with Crippen LogP contribution in [0.1, 0.15) is 5.56 Å². The molecule has 2 aromatic rings. The van der Waals surface area contributed by atoms with E-state index in [1.165, 1.54) is 0 Å². The van der Waals surface area contributed by atoms with Crippen molar-refractivity contribution < 1.29 is 9.53 Å². The lowest BCUT2D eigenvalue weighted by Crippen LogP contribution is -2.51. The van der Waals surface area contributed by atoms with Crippen LogP contribution in [0.2, 0.25) is 5.02 Å². The molecule has 2 N–H and O–H groups in total. The van der Waals surface area contributed by atoms with Crippen LogP contribution in [0.4, 0.5) is 16.2 Å². The van der Waals surface area contributed by atoms with E-state index in [1.807, 2.05) is 36.4 Å². The molecule has 126 valence electrons. The van der Waals surface area contributed by atoms with E-state index in [-0.39, 0.29) is 6.03 Å². The molecular weight excluding hydrogens is 326 g/mol. The third-order valence-electron chi connectivity index (χ3n) is 4.04. The van der Waals surface area contributed by atoms with Crippen molar-refractivity contribution in [3.63, 3.8) is 0 Å². The van der Waals surface area contributed by atoms with Crippen molar-refractivity contribution in [2.75, 3.05) is 30.4 Å². The maximum Gasteiger partial charge on any atom is 0.319 e. The van der Waals surface area contributed by atoms with Gasteiger partial charge >= 0.3 is 6.03 Å². The van der Waals surface area contributed by atoms with E-state index in [1.54, 1.807) is 19.2 Å². The number of halogens is 1. The first-order valence-electron chi connectivity index (χ1n) is 7.81. The summed E-state index contributed by atoms with van der Waals surface area (Å²) in [5.41, 5.74) is 2.89. The van der Waals surface area contributed by atoms with Gasteiger partial charge in [-0.25, -0.2) is 4.79 Å². The second-order valence-corrected chi connectivity index (χ2v) is 6.18. The molecule has 1 saturated heterocycles. The number of nitrogens with zero attached hydrogens (tertiary/aromatic N) is 1. The number of anilines is 2. The first-order chi connectivity index (χ1) is 11.6. The van der Waals surface area contributed by atoms with E-state index < -0.39 is 0 Å². The zero-order valence-corrected chi connectivity index (χ0v) is 14.2. The molecule has 2 aromatic carbocycles. The highest BCUT2D eigenvalue weighted by atomic mass is 35.5. The van der Waals surface area contributed by atoms with Crippen molar-refractivity contribution >= 4 is 29.0 Å². The van der Waals surface area contributed by atoms with Gasteiger partial charge in [-0.05, 0) is 42.0 Å². The zero-order chi connectivity index (χ0) is 16.9. The molecule has 3 rings (SSSR count). The van der Waals surface area contributed by atoms with Crippen molar-refractivity contribution in [1.82, 2.24) is 5.32 Å². The smallest absolute Gasteiger partial charge is 0.319 e. The third-order valence-corrected chi connectivity index (χ3v) is 4.29. The number of hydrogen-bond donors (Lipinski definition) is 2. The number of benzene rings is 2. The predicted molar refractivity (Wildman–Crippen MR) is 96.8 cm³/mol. The summed E-state index contributed by atoms with van der Waals surface area (Å²) < 4.78 is 5.27. The fourth-order valence-corrected chi connectivity index (χ4v) is 2.64. The minimum absolute atomic E-state index is 0.235. The van der Waals surface area contributed by atoms with Gasteiger partial charge in [-0.3, -0.25) is 0 Å². The molecule has 6 heteroatoms. The molecule has 0 saturated carbocycles. The second kappa shape index (κ2) is 7.55. The monoisotopic (exact) mass is 345 g/mol. The Morgan fingerprint density at radius 1 is 1.17 bits per heavy atom. The largest absolute Gasteiger partial charge is 0.378 e. The number of amides is 2. The van der Waals surface area contributed by atoms with Gasteiger partial charge in [0.15, 0.2) is 0 Å². The Balaban J connectivity index is 1.47. The molecule has 0 radical (unpaired) electrons. The number of hydrogen-bond acceptors (Lipinski definition) is 3. The van der Waals surface area contributed by atoms with Gasteiger partial charge in [0.25, 0.3) is 0 Å². The molecule has 24 heavy (non-hydrogen) atoms. The number of carbonyl (C=O) groups excluding carboxylic acids is 1. The van der Waals surface area contributed by atoms with Crippen LogP contribution >= 0.6 is 11.6 Å². The summed E-state index contributed by atoms with van der Waals surface area (Å²) in [6.07, 6.45) is 0.321. The van der Waals surface area contributed by atoms with Gasteiger partial charge < -0.3 is 20.3 Å². The van der Waals surface area contributed by atoms with Gasteiger partial charge in [0.2, 0.25) is 0 Å². The van der Waals surface area contributed by atoms with E-state index in [2.05, 4.69) is 15.5 Å². The first kappa shape index (κ1) is 16.6. The highest BCUT2D eigenvalue weighted by Gasteiger charge is 2.26. The average Bonchev–Trinajstić information content (AvgIpc) is 2.55. The Kier molecular flexibility index (Phi) is 5.23. The number of urea groups is 1. The van der Waals surface area contributed by atoms with E-state index >= 15 is 0 Å². The highest BCUT2D eigenvalue weighted by Crippen LogP contribution is 2.23. The Bertz CT molecular complexity index is 682. The SMILES string of the molecule is COC1CN(c2ccc(NC(=O)NCc3ccc(Cl)cc3)cc2)C1. The van der Waals surface area contributed by atoms with Gasteiger partial charge in [0.1, 0.15) is 0 Å². The van der Waals surface area contributed by atoms with E-state index in [0.29, 0.717) is 17.7 Å². The maximum atomic E-state index is 11.9. The Morgan fingerprint density at radius 3 is 2.46 bits per heavy atom. The summed E-state index contributed by atoms with van der Waals surface area (Å²) in [6.45, 7) is 2.27. The van der Waals surface area contributed by atoms with E-state index in [9.17, 15) is 4.79 Å². The standard InChI is InChI=1S/C18H20ClN3O2/c1-24-17-11-22(12-17)16-8-6-15(7-9-16)21-18(23)20-10-13-2-4-14(19)5-3-13/h2-9,17H,10-12H2,1H3,(H2,20,21,23). The van der Waals surface area contributed by atoms with Crippen LogP contribution in [-0.4, -0.2) is 32.3 Å². The van der Waals surface area contributed by atoms with Crippen LogP contribution in [0.25, 0.3) is 0 Å². The molecule has 1 fully saturated rings. The fraction of sp³-hybridized carbons (Fsp3) is 0.278. The molecule has 5 nitrogen and oxygen atoms in total. The molecule has 1 heterocycles. The highest BCUT2D eigenvalue weighted by molar-refractivity contribution is 6.30. The van der Waals surface area contributed by atoms with Crippen LogP contribution in [0.5, 0.6) is 0 Å². The molecule has 0 bridgehead atoms. The van der Waals surface area contributed by atoms with Gasteiger partial charge in [-0.2, -0.15) is 0 Å². The lowest BCUT2D eigenvalue weighted by atomic mass is 10.1. The molecule has 1 aliphatic rings. The van der Waals surface area contributed by atoms with Gasteiger partial charge in [0.05, 0.1) is 6.10 Å². The number of methoxy groups -OCH3 is 1. The molecule has 0 spiro atoms. The van der Waals surface area contributed by atoms with Crippen molar-refractivity contribution in [3.8, 4) is 0 Å². The molecule has 0 aromatic heterocycles. The Labute approximate surface area is 146 Å². The molecular formula is C18H20ClN3O2. The van der Waals surface area contributed by atoms with Gasteiger partial charge in [0, 0.05) is 43.1 Å². The average molecular weight is 346 g/mol. The lowest BCUT2D eigenvalue weighted by Gasteiger charge is -2.40. The molecule has 0 aliphatic carbocycles. The minimum atomic E-state index is -0.235. The van der Waals surface area contributed by atoms with Gasteiger partial charge in [-0.1, -0.05) is 23.7 Å². The number of carbonyl (C=O) groups is 1. The third kappa shape index (κ3) is 4.19. The molecule has 1 aliphatic heterocycles. The summed E-state index contributed by atoms with van der Waals surface area (Å²) in [5.74, 6) is 0. The minimum Gasteiger partial charge on any atom is -0.378 e. The number of rotatable bonds is 5. The van der Waals surface area contributed by atoms with Crippen LogP contribution in [0.3, 0.4) is 0 Å². The second-order valence-electron chi connectivity index (χ2n) is 5.74. The van der Waals surface area contributed by atoms with Crippen LogP contribution < -0.4 is 15.5 Å². The van der Waals surface area contributed by atoms with Crippen LogP contribution in [0, 0.1) is 0 Å². The van der Waals surface area contributed by atoms with Gasteiger partial charge in [-0.15, -0.1) is 0 Å². The molecule has 2 amide bonds. The Hall–Kier alpha value is -2.24. The van der Waals surface area contributed by atoms with E-state index in [0.717, 1.165) is 30.0 Å². The Morgan fingerprint density at radius 2 is 1.83 bits per heavy atom. The number of nitrogens with one attached hydrogen (secondary N) is 2. The summed E-state index contributed by atoms with van der Waals surface area (Å²) in [6, 6.07) is 14.9. The van der Waals surface area contributed by atoms with Crippen molar-refractivity contribution in [1.29, 1.82) is 0 Å². The summed E-state index contributed by atoms with van der Waals surface area (Å²) in [4.78, 5) is 14.2. The number of ether oxygens (including phenoxy) is 1. The fourth-order valence-electron chi connectivity index (χ4n) is 2.51. The van der Waals surface area contributed by atoms with Crippen molar-refractivity contribution in [3.05, 3.63) is 59.1 Å². The summed E-state index contributed by atoms with van der Waals surface area (Å²) >= 11 is 5.84.